The fourth-order valence-corrected chi connectivity index (χ4v) is 2.09. The third kappa shape index (κ3) is 5.38. The van der Waals surface area contributed by atoms with Gasteiger partial charge in [-0.2, -0.15) is 0 Å². The van der Waals surface area contributed by atoms with Crippen LogP contribution in [0.2, 0.25) is 0 Å². The minimum absolute atomic E-state index is 0.170. The molecule has 0 aliphatic carbocycles. The lowest BCUT2D eigenvalue weighted by Gasteiger charge is -2.12. The summed E-state index contributed by atoms with van der Waals surface area (Å²) < 4.78 is 18.6. The van der Waals surface area contributed by atoms with Gasteiger partial charge in [0.2, 0.25) is 0 Å². The van der Waals surface area contributed by atoms with Crippen molar-refractivity contribution in [1.82, 2.24) is 5.32 Å². The average Bonchev–Trinajstić information content (AvgIpc) is 2.58. The maximum atomic E-state index is 12.9. The van der Waals surface area contributed by atoms with Crippen molar-refractivity contribution in [2.75, 3.05) is 13.1 Å². The maximum absolute atomic E-state index is 12.9. The first-order valence-electron chi connectivity index (χ1n) is 7.65. The van der Waals surface area contributed by atoms with E-state index in [-0.39, 0.29) is 18.3 Å². The number of para-hydroxylation sites is 1. The van der Waals surface area contributed by atoms with E-state index in [4.69, 9.17) is 10.5 Å². The molecule has 5 heteroatoms. The monoisotopic (exact) mass is 316 g/mol. The topological polar surface area (TPSA) is 64.3 Å². The SMILES string of the molecule is NCCCCNC(=O)c1ccccc1OCc1ccc(F)cc1. The van der Waals surface area contributed by atoms with Crippen LogP contribution in [0.1, 0.15) is 28.8 Å². The van der Waals surface area contributed by atoms with Crippen LogP contribution in [0.15, 0.2) is 48.5 Å². The Hall–Kier alpha value is -2.40. The van der Waals surface area contributed by atoms with Gasteiger partial charge in [0.25, 0.3) is 5.91 Å². The van der Waals surface area contributed by atoms with Crippen LogP contribution in [0.3, 0.4) is 0 Å². The second kappa shape index (κ2) is 8.90. The van der Waals surface area contributed by atoms with Crippen LogP contribution in [0.25, 0.3) is 0 Å². The summed E-state index contributed by atoms with van der Waals surface area (Å²) in [7, 11) is 0. The first-order chi connectivity index (χ1) is 11.2. The summed E-state index contributed by atoms with van der Waals surface area (Å²) in [6, 6.07) is 13.2. The number of nitrogens with one attached hydrogen (secondary N) is 1. The van der Waals surface area contributed by atoms with Gasteiger partial charge in [0.05, 0.1) is 5.56 Å². The molecule has 122 valence electrons. The highest BCUT2D eigenvalue weighted by Gasteiger charge is 2.11. The minimum atomic E-state index is -0.286. The highest BCUT2D eigenvalue weighted by Crippen LogP contribution is 2.19. The van der Waals surface area contributed by atoms with Crippen LogP contribution in [-0.2, 0) is 6.61 Å². The number of hydrogen-bond acceptors (Lipinski definition) is 3. The summed E-state index contributed by atoms with van der Waals surface area (Å²) in [4.78, 5) is 12.2. The second-order valence-electron chi connectivity index (χ2n) is 5.16. The molecule has 0 fully saturated rings. The third-order valence-corrected chi connectivity index (χ3v) is 3.36. The normalized spacial score (nSPS) is 10.3. The van der Waals surface area contributed by atoms with Gasteiger partial charge in [-0.1, -0.05) is 24.3 Å². The van der Waals surface area contributed by atoms with E-state index in [0.717, 1.165) is 18.4 Å². The van der Waals surface area contributed by atoms with Crippen LogP contribution in [0.4, 0.5) is 4.39 Å². The Kier molecular flexibility index (Phi) is 6.56. The number of unbranched alkanes of at least 4 members (excludes halogenated alkanes) is 1. The van der Waals surface area contributed by atoms with Crippen molar-refractivity contribution >= 4 is 5.91 Å². The molecule has 0 saturated heterocycles. The number of hydrogen-bond donors (Lipinski definition) is 2. The number of nitrogens with two attached hydrogens (primary N) is 1. The average molecular weight is 316 g/mol. The number of carbonyl (C=O) groups is 1. The maximum Gasteiger partial charge on any atom is 0.255 e. The Bertz CT molecular complexity index is 629. The van der Waals surface area contributed by atoms with E-state index >= 15 is 0 Å². The molecule has 0 aliphatic heterocycles. The Morgan fingerprint density at radius 3 is 2.57 bits per heavy atom. The zero-order valence-corrected chi connectivity index (χ0v) is 12.9. The van der Waals surface area contributed by atoms with Gasteiger partial charge in [-0.3, -0.25) is 4.79 Å². The molecule has 2 aromatic carbocycles. The molecule has 2 aromatic rings. The Labute approximate surface area is 135 Å². The number of carbonyl (C=O) groups excluding carboxylic acids is 1. The van der Waals surface area contributed by atoms with Gasteiger partial charge in [0.1, 0.15) is 18.2 Å². The fraction of sp³-hybridized carbons (Fsp3) is 0.278. The van der Waals surface area contributed by atoms with Crippen molar-refractivity contribution < 1.29 is 13.9 Å². The summed E-state index contributed by atoms with van der Waals surface area (Å²) in [5.74, 6) is 0.0517. The Morgan fingerprint density at radius 2 is 1.83 bits per heavy atom. The molecule has 0 aromatic heterocycles. The quantitative estimate of drug-likeness (QED) is 0.736. The fourth-order valence-electron chi connectivity index (χ4n) is 2.09. The lowest BCUT2D eigenvalue weighted by atomic mass is 10.1. The van der Waals surface area contributed by atoms with Gasteiger partial charge >= 0.3 is 0 Å². The van der Waals surface area contributed by atoms with Crippen LogP contribution in [0.5, 0.6) is 5.75 Å². The summed E-state index contributed by atoms with van der Waals surface area (Å²) in [5, 5.41) is 2.86. The third-order valence-electron chi connectivity index (χ3n) is 3.36. The van der Waals surface area contributed by atoms with Gasteiger partial charge in [-0.25, -0.2) is 4.39 Å². The molecule has 0 aliphatic rings. The first kappa shape index (κ1) is 17.0. The molecule has 0 bridgehead atoms. The van der Waals surface area contributed by atoms with Crippen LogP contribution >= 0.6 is 0 Å². The number of rotatable bonds is 8. The molecule has 1 amide bonds. The van der Waals surface area contributed by atoms with Crippen LogP contribution < -0.4 is 15.8 Å². The van der Waals surface area contributed by atoms with E-state index in [9.17, 15) is 9.18 Å². The van der Waals surface area contributed by atoms with Crippen molar-refractivity contribution in [3.05, 3.63) is 65.5 Å². The summed E-state index contributed by atoms with van der Waals surface area (Å²) >= 11 is 0. The van der Waals surface area contributed by atoms with Crippen molar-refractivity contribution in [3.8, 4) is 5.75 Å². The molecule has 0 saturated carbocycles. The van der Waals surface area contributed by atoms with Gasteiger partial charge in [0, 0.05) is 6.54 Å². The lowest BCUT2D eigenvalue weighted by molar-refractivity contribution is 0.0948. The molecule has 23 heavy (non-hydrogen) atoms. The van der Waals surface area contributed by atoms with E-state index in [1.165, 1.54) is 12.1 Å². The number of benzene rings is 2. The van der Waals surface area contributed by atoms with E-state index in [1.54, 1.807) is 30.3 Å². The van der Waals surface area contributed by atoms with E-state index in [0.29, 0.717) is 24.4 Å². The van der Waals surface area contributed by atoms with Crippen molar-refractivity contribution in [2.24, 2.45) is 5.73 Å². The number of ether oxygens (including phenoxy) is 1. The molecule has 0 atom stereocenters. The molecule has 0 heterocycles. The van der Waals surface area contributed by atoms with Crippen molar-refractivity contribution in [3.63, 3.8) is 0 Å². The lowest BCUT2D eigenvalue weighted by Crippen LogP contribution is -2.25. The van der Waals surface area contributed by atoms with E-state index in [1.807, 2.05) is 6.07 Å². The van der Waals surface area contributed by atoms with Gasteiger partial charge in [-0.05, 0) is 49.2 Å². The zero-order valence-electron chi connectivity index (χ0n) is 12.9. The highest BCUT2D eigenvalue weighted by molar-refractivity contribution is 5.96. The van der Waals surface area contributed by atoms with Crippen molar-refractivity contribution in [2.45, 2.75) is 19.4 Å². The molecule has 0 radical (unpaired) electrons. The standard InChI is InChI=1S/C18H21FN2O2/c19-15-9-7-14(8-10-15)13-23-17-6-2-1-5-16(17)18(22)21-12-4-3-11-20/h1-2,5-10H,3-4,11-13,20H2,(H,21,22). The minimum Gasteiger partial charge on any atom is -0.488 e. The van der Waals surface area contributed by atoms with Gasteiger partial charge < -0.3 is 15.8 Å². The van der Waals surface area contributed by atoms with E-state index in [2.05, 4.69) is 5.32 Å². The predicted octanol–water partition coefficient (Wildman–Crippen LogP) is 2.87. The van der Waals surface area contributed by atoms with E-state index < -0.39 is 0 Å². The molecule has 3 N–H and O–H groups in total. The first-order valence-corrected chi connectivity index (χ1v) is 7.65. The number of halogens is 1. The summed E-state index contributed by atoms with van der Waals surface area (Å²) in [6.45, 7) is 1.48. The number of amides is 1. The molecule has 0 unspecified atom stereocenters. The summed E-state index contributed by atoms with van der Waals surface area (Å²) in [6.07, 6.45) is 1.73. The van der Waals surface area contributed by atoms with Crippen LogP contribution in [0, 0.1) is 5.82 Å². The Morgan fingerprint density at radius 1 is 1.09 bits per heavy atom. The molecule has 2 rings (SSSR count). The smallest absolute Gasteiger partial charge is 0.255 e. The van der Waals surface area contributed by atoms with Gasteiger partial charge in [-0.15, -0.1) is 0 Å². The zero-order chi connectivity index (χ0) is 16.5. The van der Waals surface area contributed by atoms with Crippen LogP contribution in [-0.4, -0.2) is 19.0 Å². The van der Waals surface area contributed by atoms with Gasteiger partial charge in [0.15, 0.2) is 0 Å². The molecular weight excluding hydrogens is 295 g/mol. The van der Waals surface area contributed by atoms with Crippen molar-refractivity contribution in [1.29, 1.82) is 0 Å². The molecule has 0 spiro atoms. The second-order valence-corrected chi connectivity index (χ2v) is 5.16. The largest absolute Gasteiger partial charge is 0.488 e. The highest BCUT2D eigenvalue weighted by atomic mass is 19.1. The molecule has 4 nitrogen and oxygen atoms in total. The summed E-state index contributed by atoms with van der Waals surface area (Å²) in [5.41, 5.74) is 6.75. The Balaban J connectivity index is 1.96. The predicted molar refractivity (Wildman–Crippen MR) is 87.8 cm³/mol. The molecular formula is C18H21FN2O2.